The standard InChI is InChI=1S/C75H83N5O6/c81-62-30-24-48(37-65(62)84)23-28-54-55-18-7-19-63(82)67(55)69(86)68(85)56(54)29-22-47-20-25-50(26-21-47)59-40-72(41-60-51(43-76-36-10-13-46-11-3-1-4-12-46)38-57(61(42-72)79-60)49-14-5-2-6-15-49)58-39-53-17-9-33-74(53)35-34-73-32-8-16-52(73)27-31-64(83)70(73)75(74,71(58)80-59)66-44-77-45-78-66/h1-7,11-12,14-15,18-21,23-28,30-31,37-38,44-45,52-53,57-61,64,70-71,76,79-86H,8-10,13,16-17,22,29,32-36,39-43H2,(H,77,78)/b28-23+/t52-,53+,57-,58-,59+,60+,61-,64-,70-,71-,72+,73-,74-,75-/m1/s1. The van der Waals surface area contributed by atoms with Gasteiger partial charge in [0.05, 0.1) is 17.8 Å². The second-order valence-corrected chi connectivity index (χ2v) is 27.6. The zero-order valence-corrected chi connectivity index (χ0v) is 49.2. The molecule has 8 aliphatic rings. The molecule has 4 saturated carbocycles. The first-order chi connectivity index (χ1) is 42.0. The highest BCUT2D eigenvalue weighted by molar-refractivity contribution is 6.03. The summed E-state index contributed by atoms with van der Waals surface area (Å²) < 4.78 is 0. The number of rotatable bonds is 14. The second kappa shape index (κ2) is 21.9. The number of aromatic amines is 1. The molecular weight excluding hydrogens is 1070 g/mol. The van der Waals surface area contributed by atoms with E-state index in [9.17, 15) is 30.6 Å². The van der Waals surface area contributed by atoms with Crippen LogP contribution < -0.4 is 16.0 Å². The summed E-state index contributed by atoms with van der Waals surface area (Å²) in [5.74, 6) is 0.380. The van der Waals surface area contributed by atoms with Crippen LogP contribution in [0.1, 0.15) is 140 Å². The summed E-state index contributed by atoms with van der Waals surface area (Å²) in [5, 5.41) is 81.6. The van der Waals surface area contributed by atoms with Crippen molar-refractivity contribution >= 4 is 22.9 Å². The Labute approximate surface area is 505 Å². The van der Waals surface area contributed by atoms with Crippen molar-refractivity contribution in [3.8, 4) is 28.7 Å². The maximum absolute atomic E-state index is 13.2. The van der Waals surface area contributed by atoms with Gasteiger partial charge in [-0.1, -0.05) is 146 Å². The van der Waals surface area contributed by atoms with Crippen LogP contribution in [0.3, 0.4) is 0 Å². The lowest BCUT2D eigenvalue weighted by atomic mass is 9.31. The monoisotopic (exact) mass is 1150 g/mol. The first-order valence-electron chi connectivity index (χ1n) is 32.3. The third-order valence-corrected chi connectivity index (χ3v) is 23.9. The Kier molecular flexibility index (Phi) is 14.1. The number of aliphatic hydroxyl groups excluding tert-OH is 1. The van der Waals surface area contributed by atoms with Crippen LogP contribution in [0.15, 0.2) is 158 Å². The third kappa shape index (κ3) is 8.90. The summed E-state index contributed by atoms with van der Waals surface area (Å²) in [6.45, 7) is 1.80. The number of imidazole rings is 1. The maximum atomic E-state index is 13.2. The molecule has 11 heteroatoms. The zero-order valence-electron chi connectivity index (χ0n) is 49.2. The van der Waals surface area contributed by atoms with Gasteiger partial charge in [-0.2, -0.15) is 0 Å². The van der Waals surface area contributed by atoms with E-state index in [1.54, 1.807) is 18.2 Å². The number of aromatic hydroxyl groups is 5. The molecule has 0 radical (unpaired) electrons. The molecule has 4 heterocycles. The van der Waals surface area contributed by atoms with Crippen LogP contribution in [0, 0.1) is 39.9 Å². The van der Waals surface area contributed by atoms with Crippen LogP contribution in [0.2, 0.25) is 0 Å². The number of H-pyrrole nitrogens is 1. The molecule has 6 fully saturated rings. The van der Waals surface area contributed by atoms with Gasteiger partial charge in [0.1, 0.15) is 5.75 Å². The van der Waals surface area contributed by atoms with Gasteiger partial charge in [-0.05, 0) is 193 Å². The van der Waals surface area contributed by atoms with E-state index in [1.165, 1.54) is 97.5 Å². The number of hydrogen-bond acceptors (Lipinski definition) is 10. The molecule has 2 bridgehead atoms. The summed E-state index contributed by atoms with van der Waals surface area (Å²) in [6, 6.07) is 41.6. The number of aromatic nitrogens is 2. The number of phenolic OH excluding ortho intramolecular Hbond substituents is 5. The van der Waals surface area contributed by atoms with Crippen molar-refractivity contribution in [2.24, 2.45) is 39.9 Å². The van der Waals surface area contributed by atoms with Gasteiger partial charge in [0.25, 0.3) is 0 Å². The van der Waals surface area contributed by atoms with Crippen molar-refractivity contribution in [3.05, 3.63) is 202 Å². The van der Waals surface area contributed by atoms with Crippen LogP contribution in [0.4, 0.5) is 0 Å². The summed E-state index contributed by atoms with van der Waals surface area (Å²) in [4.78, 5) is 8.89. The maximum Gasteiger partial charge on any atom is 0.169 e. The van der Waals surface area contributed by atoms with Crippen molar-refractivity contribution in [3.63, 3.8) is 0 Å². The van der Waals surface area contributed by atoms with E-state index >= 15 is 0 Å². The van der Waals surface area contributed by atoms with Gasteiger partial charge in [0, 0.05) is 65.4 Å². The van der Waals surface area contributed by atoms with Gasteiger partial charge < -0.3 is 51.6 Å². The summed E-state index contributed by atoms with van der Waals surface area (Å²) >= 11 is 0. The minimum Gasteiger partial charge on any atom is -0.507 e. The van der Waals surface area contributed by atoms with Crippen LogP contribution in [-0.4, -0.2) is 77.9 Å². The number of allylic oxidation sites excluding steroid dienone is 1. The number of fused-ring (bicyclic) bond motifs is 7. The van der Waals surface area contributed by atoms with Crippen LogP contribution in [0.5, 0.6) is 28.7 Å². The summed E-state index contributed by atoms with van der Waals surface area (Å²) in [6.07, 6.45) is 31.5. The molecule has 0 unspecified atom stereocenters. The van der Waals surface area contributed by atoms with E-state index in [1.807, 2.05) is 18.5 Å². The quantitative estimate of drug-likeness (QED) is 0.0217. The third-order valence-electron chi connectivity index (χ3n) is 23.9. The lowest BCUT2D eigenvalue weighted by molar-refractivity contribution is -0.217. The number of phenols is 5. The molecular formula is C75H83N5O6. The van der Waals surface area contributed by atoms with Crippen LogP contribution in [-0.2, 0) is 24.7 Å². The number of aryl methyl sites for hydroxylation is 2. The highest BCUT2D eigenvalue weighted by Gasteiger charge is 2.78. The molecule has 86 heavy (non-hydrogen) atoms. The van der Waals surface area contributed by atoms with Gasteiger partial charge in [-0.25, -0.2) is 4.98 Å². The Bertz CT molecular complexity index is 3740. The predicted octanol–water partition coefficient (Wildman–Crippen LogP) is 13.4. The Balaban J connectivity index is 0.818. The molecule has 3 aliphatic heterocycles. The lowest BCUT2D eigenvalue weighted by Gasteiger charge is -2.75. The minimum atomic E-state index is -0.563. The van der Waals surface area contributed by atoms with Gasteiger partial charge in [0.15, 0.2) is 23.0 Å². The fraction of sp³-hybridized carbons (Fsp3) is 0.427. The van der Waals surface area contributed by atoms with Gasteiger partial charge in [-0.3, -0.25) is 0 Å². The molecule has 2 saturated heterocycles. The minimum absolute atomic E-state index is 0.00131. The van der Waals surface area contributed by atoms with Crippen molar-refractivity contribution in [1.29, 1.82) is 0 Å². The molecule has 7 aromatic rings. The topological polar surface area (TPSA) is 186 Å². The van der Waals surface area contributed by atoms with Crippen molar-refractivity contribution in [1.82, 2.24) is 25.9 Å². The molecule has 14 atom stereocenters. The average Bonchev–Trinajstić information content (AvgIpc) is 1.20. The first-order valence-corrected chi connectivity index (χ1v) is 32.3. The Morgan fingerprint density at radius 1 is 0.674 bits per heavy atom. The molecule has 11 nitrogen and oxygen atoms in total. The van der Waals surface area contributed by atoms with Crippen molar-refractivity contribution < 1.29 is 30.6 Å². The Hall–Kier alpha value is -7.15. The average molecular weight is 1150 g/mol. The number of benzene rings is 6. The molecule has 6 aromatic carbocycles. The van der Waals surface area contributed by atoms with E-state index in [2.05, 4.69) is 125 Å². The summed E-state index contributed by atoms with van der Waals surface area (Å²) in [5.41, 5.74) is 9.22. The highest BCUT2D eigenvalue weighted by atomic mass is 16.3. The van der Waals surface area contributed by atoms with Crippen molar-refractivity contribution in [2.75, 3.05) is 13.1 Å². The Morgan fingerprint density at radius 2 is 1.48 bits per heavy atom. The molecule has 10 N–H and O–H groups in total. The SMILES string of the molecule is Oc1ccc(/C=C/c2c(CCc3ccc([C@@H]4C[C@@]5(C[C@@H]6N[C@H](C5)[C@@H](c5ccccc5)C=C6CNCCCc5ccccc5)[C@@H]5C[C@@H]6CCC[C@@]67CC[C@]68CCC[C@@H]6C=C[C@@H](O)[C@H]8[C@]7(c6cnc[nH]6)[C@@H]5N4)cc3)c(O)c(O)c3c(O)cccc23)cc1O. The number of hydrogen-bond donors (Lipinski definition) is 10. The van der Waals surface area contributed by atoms with Crippen LogP contribution >= 0.6 is 0 Å². The smallest absolute Gasteiger partial charge is 0.169 e. The second-order valence-electron chi connectivity index (χ2n) is 27.6. The van der Waals surface area contributed by atoms with Gasteiger partial charge >= 0.3 is 0 Å². The predicted molar refractivity (Wildman–Crippen MR) is 339 cm³/mol. The lowest BCUT2D eigenvalue weighted by Crippen LogP contribution is -2.78. The van der Waals surface area contributed by atoms with Gasteiger partial charge in [-0.15, -0.1) is 0 Å². The molecule has 444 valence electrons. The molecule has 1 aromatic heterocycles. The molecule has 0 amide bonds. The molecule has 15 rings (SSSR count). The Morgan fingerprint density at radius 3 is 2.29 bits per heavy atom. The molecule has 5 aliphatic carbocycles. The fourth-order valence-corrected chi connectivity index (χ4v) is 20.5. The highest BCUT2D eigenvalue weighted by Crippen LogP contribution is 2.79. The largest absolute Gasteiger partial charge is 0.507 e. The fourth-order valence-electron chi connectivity index (χ4n) is 20.5. The first kappa shape index (κ1) is 55.4. The summed E-state index contributed by atoms with van der Waals surface area (Å²) in [7, 11) is 0. The molecule has 3 spiro atoms. The number of piperidine rings is 2. The van der Waals surface area contributed by atoms with E-state index in [4.69, 9.17) is 10.3 Å². The van der Waals surface area contributed by atoms with E-state index in [0.717, 1.165) is 57.2 Å². The zero-order chi connectivity index (χ0) is 58.4. The normalized spacial score (nSPS) is 33.2. The van der Waals surface area contributed by atoms with E-state index in [0.29, 0.717) is 52.7 Å². The van der Waals surface area contributed by atoms with Crippen LogP contribution in [0.25, 0.3) is 22.9 Å². The van der Waals surface area contributed by atoms with Crippen molar-refractivity contribution in [2.45, 2.75) is 144 Å². The number of nitrogens with one attached hydrogen (secondary N) is 4. The number of nitrogens with zero attached hydrogens (tertiary/aromatic N) is 1. The van der Waals surface area contributed by atoms with E-state index < -0.39 is 11.5 Å². The van der Waals surface area contributed by atoms with Gasteiger partial charge in [0.2, 0.25) is 0 Å². The number of aliphatic hydroxyl groups is 1. The van der Waals surface area contributed by atoms with E-state index in [-0.39, 0.29) is 86.4 Å².